The number of carbonyl (C=O) groups excluding carboxylic acids is 3. The highest BCUT2D eigenvalue weighted by Gasteiger charge is 2.31. The van der Waals surface area contributed by atoms with Crippen LogP contribution in [0.2, 0.25) is 0 Å². The number of nitrogens with one attached hydrogen (secondary N) is 1. The fourth-order valence-corrected chi connectivity index (χ4v) is 3.66. The summed E-state index contributed by atoms with van der Waals surface area (Å²) in [6.45, 7) is 2.42. The minimum absolute atomic E-state index is 0.00325. The minimum atomic E-state index is -0.528. The van der Waals surface area contributed by atoms with Crippen molar-refractivity contribution >= 4 is 52.0 Å². The van der Waals surface area contributed by atoms with Crippen molar-refractivity contribution in [1.29, 1.82) is 0 Å². The van der Waals surface area contributed by atoms with E-state index in [4.69, 9.17) is 17.0 Å². The first kappa shape index (κ1) is 19.3. The lowest BCUT2D eigenvalue weighted by Crippen LogP contribution is -2.52. The van der Waals surface area contributed by atoms with Gasteiger partial charge in [0.1, 0.15) is 12.1 Å². The van der Waals surface area contributed by atoms with E-state index >= 15 is 0 Å². The molecule has 2 aromatic rings. The number of carbonyl (C=O) groups is 3. The molecule has 4 rings (SSSR count). The highest BCUT2D eigenvalue weighted by molar-refractivity contribution is 7.80. The molecule has 2 saturated heterocycles. The largest absolute Gasteiger partial charge is 0.378 e. The van der Waals surface area contributed by atoms with Crippen molar-refractivity contribution in [3.05, 3.63) is 41.6 Å². The molecule has 29 heavy (non-hydrogen) atoms. The number of rotatable bonds is 3. The standard InChI is InChI=1S/C20H20N4O4S/c1-22-19(27)15(18(26)21-20(22)29)10-13-11-24(16-5-3-2-4-14(13)16)12-17(25)23-6-8-28-9-7-23/h2-5,10-11H,6-9,12H2,1H3,(H,21,26,29)/b15-10-. The van der Waals surface area contributed by atoms with Gasteiger partial charge in [-0.3, -0.25) is 24.6 Å². The van der Waals surface area contributed by atoms with Gasteiger partial charge >= 0.3 is 0 Å². The number of amides is 3. The molecule has 0 spiro atoms. The van der Waals surface area contributed by atoms with E-state index in [1.807, 2.05) is 28.8 Å². The number of hydrogen-bond acceptors (Lipinski definition) is 5. The van der Waals surface area contributed by atoms with Crippen LogP contribution < -0.4 is 5.32 Å². The first-order valence-corrected chi connectivity index (χ1v) is 9.65. The summed E-state index contributed by atoms with van der Waals surface area (Å²) in [6, 6.07) is 7.58. The zero-order chi connectivity index (χ0) is 20.5. The lowest BCUT2D eigenvalue weighted by molar-refractivity contribution is -0.135. The monoisotopic (exact) mass is 412 g/mol. The predicted octanol–water partition coefficient (Wildman–Crippen LogP) is 0.757. The van der Waals surface area contributed by atoms with Crippen LogP contribution in [0.1, 0.15) is 5.56 Å². The van der Waals surface area contributed by atoms with E-state index in [0.29, 0.717) is 31.9 Å². The van der Waals surface area contributed by atoms with Gasteiger partial charge in [-0.15, -0.1) is 0 Å². The third kappa shape index (κ3) is 3.66. The predicted molar refractivity (Wildman–Crippen MR) is 111 cm³/mol. The van der Waals surface area contributed by atoms with Crippen LogP contribution in [0.25, 0.3) is 17.0 Å². The minimum Gasteiger partial charge on any atom is -0.378 e. The van der Waals surface area contributed by atoms with Crippen molar-refractivity contribution < 1.29 is 19.1 Å². The highest BCUT2D eigenvalue weighted by Crippen LogP contribution is 2.25. The van der Waals surface area contributed by atoms with Crippen LogP contribution in [0.15, 0.2) is 36.0 Å². The molecule has 0 radical (unpaired) electrons. The number of thiocarbonyl (C=S) groups is 1. The van der Waals surface area contributed by atoms with Crippen LogP contribution >= 0.6 is 12.2 Å². The van der Waals surface area contributed by atoms with E-state index in [1.54, 1.807) is 17.2 Å². The lowest BCUT2D eigenvalue weighted by Gasteiger charge is -2.27. The second kappa shape index (κ2) is 7.76. The molecule has 2 aliphatic rings. The third-order valence-corrected chi connectivity index (χ3v) is 5.47. The Morgan fingerprint density at radius 3 is 2.72 bits per heavy atom. The van der Waals surface area contributed by atoms with Crippen LogP contribution in [0.4, 0.5) is 0 Å². The summed E-state index contributed by atoms with van der Waals surface area (Å²) in [7, 11) is 1.52. The van der Waals surface area contributed by atoms with Crippen LogP contribution in [0.5, 0.6) is 0 Å². The van der Waals surface area contributed by atoms with Gasteiger partial charge in [-0.25, -0.2) is 0 Å². The second-order valence-electron chi connectivity index (χ2n) is 6.90. The van der Waals surface area contributed by atoms with Gasteiger partial charge in [0.25, 0.3) is 11.8 Å². The van der Waals surface area contributed by atoms with E-state index in [2.05, 4.69) is 5.32 Å². The smallest absolute Gasteiger partial charge is 0.265 e. The van der Waals surface area contributed by atoms with Crippen molar-refractivity contribution in [1.82, 2.24) is 19.7 Å². The maximum absolute atomic E-state index is 12.7. The van der Waals surface area contributed by atoms with Crippen molar-refractivity contribution in [2.24, 2.45) is 0 Å². The van der Waals surface area contributed by atoms with E-state index in [1.165, 1.54) is 11.9 Å². The summed E-state index contributed by atoms with van der Waals surface area (Å²) in [5.41, 5.74) is 1.55. The summed E-state index contributed by atoms with van der Waals surface area (Å²) in [4.78, 5) is 40.5. The fraction of sp³-hybridized carbons (Fsp3) is 0.300. The SMILES string of the molecule is CN1C(=O)/C(=C\c2cn(CC(=O)N3CCOCC3)c3ccccc23)C(=O)NC1=S. The quantitative estimate of drug-likeness (QED) is 0.457. The Kier molecular flexibility index (Phi) is 5.16. The molecule has 0 unspecified atom stereocenters. The number of morpholine rings is 1. The number of aromatic nitrogens is 1. The van der Waals surface area contributed by atoms with Crippen LogP contribution in [-0.4, -0.2) is 70.6 Å². The van der Waals surface area contributed by atoms with Gasteiger partial charge in [-0.1, -0.05) is 18.2 Å². The summed E-state index contributed by atoms with van der Waals surface area (Å²) < 4.78 is 7.15. The lowest BCUT2D eigenvalue weighted by atomic mass is 10.1. The van der Waals surface area contributed by atoms with Gasteiger partial charge in [0, 0.05) is 42.8 Å². The Morgan fingerprint density at radius 2 is 1.97 bits per heavy atom. The molecule has 1 aromatic heterocycles. The molecular weight excluding hydrogens is 392 g/mol. The molecular formula is C20H20N4O4S. The van der Waals surface area contributed by atoms with Gasteiger partial charge in [-0.05, 0) is 24.4 Å². The average Bonchev–Trinajstić information content (AvgIpc) is 3.07. The molecule has 9 heteroatoms. The van der Waals surface area contributed by atoms with Gasteiger partial charge in [0.05, 0.1) is 13.2 Å². The van der Waals surface area contributed by atoms with Crippen LogP contribution in [0.3, 0.4) is 0 Å². The van der Waals surface area contributed by atoms with Crippen LogP contribution in [-0.2, 0) is 25.7 Å². The summed E-state index contributed by atoms with van der Waals surface area (Å²) in [6.07, 6.45) is 3.34. The molecule has 3 amide bonds. The van der Waals surface area contributed by atoms with Crippen molar-refractivity contribution in [3.63, 3.8) is 0 Å². The molecule has 0 bridgehead atoms. The summed E-state index contributed by atoms with van der Waals surface area (Å²) >= 11 is 4.98. The number of likely N-dealkylation sites (N-methyl/N-ethyl adjacent to an activating group) is 1. The number of hydrogen-bond donors (Lipinski definition) is 1. The van der Waals surface area contributed by atoms with Gasteiger partial charge in [-0.2, -0.15) is 0 Å². The van der Waals surface area contributed by atoms with E-state index in [-0.39, 0.29) is 23.1 Å². The molecule has 2 aliphatic heterocycles. The first-order chi connectivity index (χ1) is 14.0. The van der Waals surface area contributed by atoms with Crippen molar-refractivity contribution in [2.45, 2.75) is 6.54 Å². The summed E-state index contributed by atoms with van der Waals surface area (Å²) in [5, 5.41) is 3.44. The molecule has 0 saturated carbocycles. The topological polar surface area (TPSA) is 83.9 Å². The normalized spacial score (nSPS) is 19.2. The Hall–Kier alpha value is -3.04. The number of benzene rings is 1. The second-order valence-corrected chi connectivity index (χ2v) is 7.29. The number of fused-ring (bicyclic) bond motifs is 1. The van der Waals surface area contributed by atoms with Crippen molar-refractivity contribution in [2.75, 3.05) is 33.4 Å². The van der Waals surface area contributed by atoms with Gasteiger partial charge in [0.15, 0.2) is 5.11 Å². The Bertz CT molecular complexity index is 1050. The molecule has 8 nitrogen and oxygen atoms in total. The third-order valence-electron chi connectivity index (χ3n) is 5.09. The first-order valence-electron chi connectivity index (χ1n) is 9.24. The van der Waals surface area contributed by atoms with Crippen molar-refractivity contribution in [3.8, 4) is 0 Å². The maximum atomic E-state index is 12.7. The van der Waals surface area contributed by atoms with Gasteiger partial charge in [0.2, 0.25) is 5.91 Å². The number of nitrogens with zero attached hydrogens (tertiary/aromatic N) is 3. The van der Waals surface area contributed by atoms with Gasteiger partial charge < -0.3 is 14.2 Å². The van der Waals surface area contributed by atoms with E-state index < -0.39 is 11.8 Å². The number of para-hydroxylation sites is 1. The zero-order valence-electron chi connectivity index (χ0n) is 15.9. The number of ether oxygens (including phenoxy) is 1. The fourth-order valence-electron chi connectivity index (χ4n) is 3.48. The molecule has 0 aliphatic carbocycles. The molecule has 0 atom stereocenters. The van der Waals surface area contributed by atoms with Crippen LogP contribution in [0, 0.1) is 0 Å². The highest BCUT2D eigenvalue weighted by atomic mass is 32.1. The Morgan fingerprint density at radius 1 is 1.24 bits per heavy atom. The maximum Gasteiger partial charge on any atom is 0.265 e. The molecule has 2 fully saturated rings. The molecule has 150 valence electrons. The Labute approximate surface area is 172 Å². The Balaban J connectivity index is 1.69. The van der Waals surface area contributed by atoms with E-state index in [9.17, 15) is 14.4 Å². The zero-order valence-corrected chi connectivity index (χ0v) is 16.7. The molecule has 3 heterocycles. The molecule has 1 aromatic carbocycles. The summed E-state index contributed by atoms with van der Waals surface area (Å²) in [5.74, 6) is -0.982. The average molecular weight is 412 g/mol. The van der Waals surface area contributed by atoms with E-state index in [0.717, 1.165) is 10.9 Å². The molecule has 1 N–H and O–H groups in total.